The number of fused-ring (bicyclic) bond motifs is 1. The highest BCUT2D eigenvalue weighted by atomic mass is 32.2. The molecule has 0 fully saturated rings. The molecule has 130 valence electrons. The number of hydrogen-bond acceptors (Lipinski definition) is 5. The number of thiophene rings is 1. The lowest BCUT2D eigenvalue weighted by Crippen LogP contribution is -2.50. The molecule has 25 heavy (non-hydrogen) atoms. The maximum Gasteiger partial charge on any atom is 0.346 e. The highest BCUT2D eigenvalue weighted by molar-refractivity contribution is 8.05. The molecule has 3 nitrogen and oxygen atoms in total. The van der Waals surface area contributed by atoms with E-state index in [1.165, 1.54) is 14.7 Å². The molecule has 0 aromatic carbocycles. The van der Waals surface area contributed by atoms with Crippen LogP contribution < -0.4 is 0 Å². The third-order valence-electron chi connectivity index (χ3n) is 5.88. The Bertz CT molecular complexity index is 960. The molecule has 0 N–H and O–H groups in total. The summed E-state index contributed by atoms with van der Waals surface area (Å²) in [5, 5.41) is 0. The van der Waals surface area contributed by atoms with Crippen LogP contribution in [0.15, 0.2) is 39.3 Å². The highest BCUT2D eigenvalue weighted by Gasteiger charge is 2.62. The number of aryl methyl sites for hydroxylation is 2. The Balaban J connectivity index is 2.13. The zero-order valence-electron chi connectivity index (χ0n) is 15.2. The fourth-order valence-corrected chi connectivity index (χ4v) is 7.25. The minimum atomic E-state index is -0.617. The van der Waals surface area contributed by atoms with Crippen molar-refractivity contribution >= 4 is 35.0 Å². The Morgan fingerprint density at radius 2 is 1.72 bits per heavy atom. The maximum atomic E-state index is 12.7. The van der Waals surface area contributed by atoms with Gasteiger partial charge in [0.15, 0.2) is 0 Å². The van der Waals surface area contributed by atoms with E-state index in [4.69, 9.17) is 4.74 Å². The van der Waals surface area contributed by atoms with Crippen LogP contribution in [0.1, 0.15) is 43.0 Å². The summed E-state index contributed by atoms with van der Waals surface area (Å²) in [7, 11) is 0. The Hall–Kier alpha value is -1.59. The number of thioether (sulfide) groups is 1. The van der Waals surface area contributed by atoms with Gasteiger partial charge in [-0.05, 0) is 75.3 Å². The third kappa shape index (κ3) is 1.88. The van der Waals surface area contributed by atoms with Crippen molar-refractivity contribution in [3.8, 4) is 0 Å². The molecule has 2 atom stereocenters. The van der Waals surface area contributed by atoms with Gasteiger partial charge in [-0.25, -0.2) is 9.59 Å². The number of carbonyl (C=O) groups is 2. The van der Waals surface area contributed by atoms with Gasteiger partial charge in [0.1, 0.15) is 0 Å². The van der Waals surface area contributed by atoms with E-state index in [0.29, 0.717) is 11.1 Å². The first-order chi connectivity index (χ1) is 11.6. The Morgan fingerprint density at radius 1 is 1.04 bits per heavy atom. The standard InChI is InChI=1S/C20H20O3S2/c1-9-7-14(12(4)24-9)19(5)16-15(17(21)23-18(16)22)11(3)13-8-10(2)25-20(13,19)6/h7-8H,1-6H3/t19-,20-/m1/s1. The number of esters is 2. The highest BCUT2D eigenvalue weighted by Crippen LogP contribution is 2.64. The van der Waals surface area contributed by atoms with E-state index >= 15 is 0 Å². The molecule has 0 saturated carbocycles. The number of allylic oxidation sites excluding steroid dienone is 2. The number of carbonyl (C=O) groups excluding carboxylic acids is 2. The monoisotopic (exact) mass is 372 g/mol. The van der Waals surface area contributed by atoms with Crippen molar-refractivity contribution in [2.45, 2.75) is 51.7 Å². The minimum absolute atomic E-state index is 0.345. The number of rotatable bonds is 1. The van der Waals surface area contributed by atoms with E-state index in [1.54, 1.807) is 23.1 Å². The zero-order chi connectivity index (χ0) is 18.3. The molecular formula is C20H20O3S2. The first-order valence-electron chi connectivity index (χ1n) is 8.29. The van der Waals surface area contributed by atoms with Crippen LogP contribution in [0.4, 0.5) is 0 Å². The van der Waals surface area contributed by atoms with Crippen molar-refractivity contribution in [3.05, 3.63) is 54.7 Å². The molecule has 2 aliphatic heterocycles. The number of cyclic esters (lactones) is 2. The second kappa shape index (κ2) is 4.98. The van der Waals surface area contributed by atoms with Crippen molar-refractivity contribution in [1.29, 1.82) is 0 Å². The molecule has 1 aromatic heterocycles. The molecule has 0 bridgehead atoms. The lowest BCUT2D eigenvalue weighted by atomic mass is 9.59. The van der Waals surface area contributed by atoms with Gasteiger partial charge >= 0.3 is 11.9 Å². The normalized spacial score (nSPS) is 31.4. The number of hydrogen-bond donors (Lipinski definition) is 0. The van der Waals surface area contributed by atoms with E-state index < -0.39 is 17.4 Å². The van der Waals surface area contributed by atoms with Crippen LogP contribution in [0.25, 0.3) is 0 Å². The summed E-state index contributed by atoms with van der Waals surface area (Å²) in [6.07, 6.45) is 2.16. The predicted octanol–water partition coefficient (Wildman–Crippen LogP) is 4.74. The quantitative estimate of drug-likeness (QED) is 0.527. The van der Waals surface area contributed by atoms with Gasteiger partial charge in [0.05, 0.1) is 15.9 Å². The van der Waals surface area contributed by atoms with Crippen molar-refractivity contribution in [2.75, 3.05) is 0 Å². The molecule has 0 amide bonds. The van der Waals surface area contributed by atoms with Crippen molar-refractivity contribution in [1.82, 2.24) is 0 Å². The van der Waals surface area contributed by atoms with E-state index in [9.17, 15) is 9.59 Å². The second-order valence-corrected chi connectivity index (χ2v) is 10.4. The van der Waals surface area contributed by atoms with Crippen LogP contribution in [0.2, 0.25) is 0 Å². The molecule has 1 aliphatic carbocycles. The van der Waals surface area contributed by atoms with E-state index in [0.717, 1.165) is 16.7 Å². The predicted molar refractivity (Wildman–Crippen MR) is 102 cm³/mol. The van der Waals surface area contributed by atoms with E-state index in [1.807, 2.05) is 6.92 Å². The maximum absolute atomic E-state index is 12.7. The minimum Gasteiger partial charge on any atom is -0.386 e. The summed E-state index contributed by atoms with van der Waals surface area (Å²) >= 11 is 3.51. The molecule has 0 saturated heterocycles. The Morgan fingerprint density at radius 3 is 2.32 bits per heavy atom. The Kier molecular flexibility index (Phi) is 3.36. The van der Waals surface area contributed by atoms with Gasteiger partial charge in [0.25, 0.3) is 0 Å². The van der Waals surface area contributed by atoms with Gasteiger partial charge in [-0.1, -0.05) is 0 Å². The van der Waals surface area contributed by atoms with Gasteiger partial charge < -0.3 is 4.74 Å². The summed E-state index contributed by atoms with van der Waals surface area (Å²) in [6.45, 7) is 12.5. The first-order valence-corrected chi connectivity index (χ1v) is 9.92. The van der Waals surface area contributed by atoms with E-state index in [2.05, 4.69) is 46.8 Å². The largest absolute Gasteiger partial charge is 0.386 e. The van der Waals surface area contributed by atoms with Gasteiger partial charge in [0.2, 0.25) is 0 Å². The molecule has 1 aromatic rings. The lowest BCUT2D eigenvalue weighted by molar-refractivity contribution is -0.151. The fourth-order valence-electron chi connectivity index (χ4n) is 4.66. The summed E-state index contributed by atoms with van der Waals surface area (Å²) in [6, 6.07) is 2.17. The summed E-state index contributed by atoms with van der Waals surface area (Å²) < 4.78 is 4.72. The molecule has 4 rings (SSSR count). The average Bonchev–Trinajstić information content (AvgIpc) is 3.11. The molecule has 5 heteroatoms. The van der Waals surface area contributed by atoms with Gasteiger partial charge in [-0.2, -0.15) is 0 Å². The SMILES string of the molecule is CC1=CC2=C(C)C3=C(C(=O)OC3=O)[C@@](C)(c3cc(C)sc3C)[C@]2(C)S1. The molecule has 0 spiro atoms. The van der Waals surface area contributed by atoms with Gasteiger partial charge in [-0.15, -0.1) is 23.1 Å². The first kappa shape index (κ1) is 16.9. The third-order valence-corrected chi connectivity index (χ3v) is 8.33. The van der Waals surface area contributed by atoms with Gasteiger partial charge in [-0.3, -0.25) is 0 Å². The molecule has 0 unspecified atom stereocenters. The molecule has 3 aliphatic rings. The average molecular weight is 373 g/mol. The lowest BCUT2D eigenvalue weighted by Gasteiger charge is -2.48. The summed E-state index contributed by atoms with van der Waals surface area (Å²) in [5.41, 5.74) is 3.50. The van der Waals surface area contributed by atoms with Gasteiger partial charge in [0, 0.05) is 15.2 Å². The van der Waals surface area contributed by atoms with Crippen LogP contribution in [0.5, 0.6) is 0 Å². The summed E-state index contributed by atoms with van der Waals surface area (Å²) in [5.74, 6) is -0.999. The van der Waals surface area contributed by atoms with Crippen LogP contribution >= 0.6 is 23.1 Å². The van der Waals surface area contributed by atoms with Crippen LogP contribution in [0.3, 0.4) is 0 Å². The van der Waals surface area contributed by atoms with Crippen molar-refractivity contribution < 1.29 is 14.3 Å². The molecule has 3 heterocycles. The number of ether oxygens (including phenoxy) is 1. The topological polar surface area (TPSA) is 43.4 Å². The smallest absolute Gasteiger partial charge is 0.346 e. The van der Waals surface area contributed by atoms with Crippen LogP contribution in [-0.2, 0) is 19.7 Å². The van der Waals surface area contributed by atoms with Crippen molar-refractivity contribution in [3.63, 3.8) is 0 Å². The zero-order valence-corrected chi connectivity index (χ0v) is 16.8. The van der Waals surface area contributed by atoms with E-state index in [-0.39, 0.29) is 4.75 Å². The fraction of sp³-hybridized carbons (Fsp3) is 0.400. The van der Waals surface area contributed by atoms with Crippen molar-refractivity contribution in [2.24, 2.45) is 0 Å². The molecule has 0 radical (unpaired) electrons. The van der Waals surface area contributed by atoms with Crippen LogP contribution in [0, 0.1) is 13.8 Å². The Labute approximate surface area is 155 Å². The van der Waals surface area contributed by atoms with Crippen LogP contribution in [-0.4, -0.2) is 16.7 Å². The molecular weight excluding hydrogens is 352 g/mol. The second-order valence-electron chi connectivity index (χ2n) is 7.31. The summed E-state index contributed by atoms with van der Waals surface area (Å²) in [4.78, 5) is 28.8.